The van der Waals surface area contributed by atoms with Crippen LogP contribution in [-0.2, 0) is 4.79 Å². The van der Waals surface area contributed by atoms with E-state index >= 15 is 0 Å². The van der Waals surface area contributed by atoms with Gasteiger partial charge in [0.1, 0.15) is 0 Å². The van der Waals surface area contributed by atoms with Gasteiger partial charge in [-0.15, -0.1) is 0 Å². The van der Waals surface area contributed by atoms with Crippen LogP contribution in [0.1, 0.15) is 33.3 Å². The average Bonchev–Trinajstić information content (AvgIpc) is 2.37. The van der Waals surface area contributed by atoms with E-state index in [1.807, 2.05) is 6.07 Å². The molecule has 0 aliphatic heterocycles. The Labute approximate surface area is 123 Å². The van der Waals surface area contributed by atoms with Crippen molar-refractivity contribution >= 4 is 17.7 Å². The molecule has 6 nitrogen and oxygen atoms in total. The lowest BCUT2D eigenvalue weighted by Crippen LogP contribution is -2.57. The first-order valence-electron chi connectivity index (χ1n) is 6.43. The monoisotopic (exact) mass is 289 g/mol. The van der Waals surface area contributed by atoms with Gasteiger partial charge in [-0.25, -0.2) is 4.79 Å². The molecular formula is C15H19N3O3. The molecule has 0 bridgehead atoms. The van der Waals surface area contributed by atoms with Crippen LogP contribution in [0, 0.1) is 16.7 Å². The highest BCUT2D eigenvalue weighted by Crippen LogP contribution is 2.30. The van der Waals surface area contributed by atoms with Crippen LogP contribution in [0.2, 0.25) is 0 Å². The lowest BCUT2D eigenvalue weighted by Gasteiger charge is -2.38. The Hall–Kier alpha value is -2.55. The number of rotatable bonds is 4. The van der Waals surface area contributed by atoms with Gasteiger partial charge in [-0.05, 0) is 45.9 Å². The van der Waals surface area contributed by atoms with Crippen LogP contribution < -0.4 is 10.6 Å². The maximum Gasteiger partial charge on any atom is 0.319 e. The number of hydrogen-bond acceptors (Lipinski definition) is 3. The molecule has 0 fully saturated rings. The van der Waals surface area contributed by atoms with E-state index in [9.17, 15) is 14.7 Å². The van der Waals surface area contributed by atoms with Crippen molar-refractivity contribution in [3.05, 3.63) is 29.8 Å². The molecule has 0 heterocycles. The van der Waals surface area contributed by atoms with Crippen molar-refractivity contribution in [2.75, 3.05) is 5.32 Å². The SMILES string of the molecule is CC(C)(NC(=O)Nc1cccc(C#N)c1)C(C)(C)C(=O)O. The fourth-order valence-electron chi connectivity index (χ4n) is 1.54. The summed E-state index contributed by atoms with van der Waals surface area (Å²) in [5, 5.41) is 23.3. The lowest BCUT2D eigenvalue weighted by molar-refractivity contribution is -0.150. The summed E-state index contributed by atoms with van der Waals surface area (Å²) in [4.78, 5) is 23.3. The minimum absolute atomic E-state index is 0.429. The van der Waals surface area contributed by atoms with Crippen molar-refractivity contribution in [3.8, 4) is 6.07 Å². The Morgan fingerprint density at radius 1 is 1.24 bits per heavy atom. The highest BCUT2D eigenvalue weighted by Gasteiger charge is 2.44. The second kappa shape index (κ2) is 5.83. The zero-order chi connectivity index (χ0) is 16.3. The molecule has 0 atom stereocenters. The van der Waals surface area contributed by atoms with E-state index in [1.54, 1.807) is 45.9 Å². The Balaban J connectivity index is 2.82. The Morgan fingerprint density at radius 3 is 2.38 bits per heavy atom. The molecule has 0 saturated heterocycles. The number of anilines is 1. The van der Waals surface area contributed by atoms with Gasteiger partial charge in [-0.2, -0.15) is 5.26 Å². The fraction of sp³-hybridized carbons (Fsp3) is 0.400. The highest BCUT2D eigenvalue weighted by molar-refractivity contribution is 5.90. The van der Waals surface area contributed by atoms with Gasteiger partial charge in [0.05, 0.1) is 22.6 Å². The summed E-state index contributed by atoms with van der Waals surface area (Å²) in [6.07, 6.45) is 0. The van der Waals surface area contributed by atoms with Crippen molar-refractivity contribution in [1.29, 1.82) is 5.26 Å². The van der Waals surface area contributed by atoms with Gasteiger partial charge in [-0.3, -0.25) is 4.79 Å². The zero-order valence-electron chi connectivity index (χ0n) is 12.5. The second-order valence-electron chi connectivity index (χ2n) is 5.83. The molecule has 21 heavy (non-hydrogen) atoms. The van der Waals surface area contributed by atoms with Crippen LogP contribution >= 0.6 is 0 Å². The summed E-state index contributed by atoms with van der Waals surface area (Å²) >= 11 is 0. The molecule has 0 saturated carbocycles. The number of urea groups is 1. The Bertz CT molecular complexity index is 600. The molecule has 1 aromatic rings. The fourth-order valence-corrected chi connectivity index (χ4v) is 1.54. The summed E-state index contributed by atoms with van der Waals surface area (Å²) in [6.45, 7) is 6.39. The first-order valence-corrected chi connectivity index (χ1v) is 6.43. The standard InChI is InChI=1S/C15H19N3O3/c1-14(2,12(19)20)15(3,4)18-13(21)17-11-7-5-6-10(8-11)9-16/h5-8H,1-4H3,(H,19,20)(H2,17,18,21). The van der Waals surface area contributed by atoms with Crippen LogP contribution in [-0.4, -0.2) is 22.6 Å². The predicted molar refractivity (Wildman–Crippen MR) is 78.8 cm³/mol. The van der Waals surface area contributed by atoms with Gasteiger partial charge < -0.3 is 15.7 Å². The molecule has 0 aromatic heterocycles. The van der Waals surface area contributed by atoms with E-state index in [4.69, 9.17) is 5.26 Å². The van der Waals surface area contributed by atoms with Crippen LogP contribution in [0.15, 0.2) is 24.3 Å². The number of nitriles is 1. The number of benzene rings is 1. The molecule has 0 aliphatic rings. The topological polar surface area (TPSA) is 102 Å². The van der Waals surface area contributed by atoms with Crippen LogP contribution in [0.5, 0.6) is 0 Å². The van der Waals surface area contributed by atoms with Gasteiger partial charge in [0.2, 0.25) is 0 Å². The smallest absolute Gasteiger partial charge is 0.319 e. The Morgan fingerprint density at radius 2 is 1.86 bits per heavy atom. The van der Waals surface area contributed by atoms with E-state index in [0.29, 0.717) is 11.3 Å². The van der Waals surface area contributed by atoms with E-state index in [2.05, 4.69) is 10.6 Å². The third kappa shape index (κ3) is 3.72. The highest BCUT2D eigenvalue weighted by atomic mass is 16.4. The molecule has 112 valence electrons. The summed E-state index contributed by atoms with van der Waals surface area (Å²) in [7, 11) is 0. The molecule has 0 spiro atoms. The molecule has 0 radical (unpaired) electrons. The molecule has 3 N–H and O–H groups in total. The minimum Gasteiger partial charge on any atom is -0.481 e. The second-order valence-corrected chi connectivity index (χ2v) is 5.83. The number of carboxylic acids is 1. The molecule has 1 rings (SSSR count). The maximum atomic E-state index is 12.0. The zero-order valence-corrected chi connectivity index (χ0v) is 12.5. The molecule has 2 amide bonds. The summed E-state index contributed by atoms with van der Waals surface area (Å²) in [6, 6.07) is 7.92. The van der Waals surface area contributed by atoms with Crippen LogP contribution in [0.3, 0.4) is 0 Å². The van der Waals surface area contributed by atoms with Gasteiger partial charge in [-0.1, -0.05) is 6.07 Å². The predicted octanol–water partition coefficient (Wildman–Crippen LogP) is 2.57. The van der Waals surface area contributed by atoms with Crippen molar-refractivity contribution in [1.82, 2.24) is 5.32 Å². The first-order chi connectivity index (χ1) is 9.60. The van der Waals surface area contributed by atoms with Crippen LogP contribution in [0.4, 0.5) is 10.5 Å². The minimum atomic E-state index is -1.14. The molecule has 6 heteroatoms. The van der Waals surface area contributed by atoms with Crippen molar-refractivity contribution in [2.45, 2.75) is 33.2 Å². The summed E-state index contributed by atoms with van der Waals surface area (Å²) in [5.41, 5.74) is -1.21. The number of hydrogen-bond donors (Lipinski definition) is 3. The Kier molecular flexibility index (Phi) is 4.58. The number of nitrogens with one attached hydrogen (secondary N) is 2. The number of carbonyl (C=O) groups is 2. The number of carbonyl (C=O) groups excluding carboxylic acids is 1. The number of carboxylic acid groups (broad SMARTS) is 1. The largest absolute Gasteiger partial charge is 0.481 e. The van der Waals surface area contributed by atoms with Crippen molar-refractivity contribution < 1.29 is 14.7 Å². The number of aliphatic carboxylic acids is 1. The van der Waals surface area contributed by atoms with E-state index in [0.717, 1.165) is 0 Å². The van der Waals surface area contributed by atoms with Crippen molar-refractivity contribution in [2.24, 2.45) is 5.41 Å². The summed E-state index contributed by atoms with van der Waals surface area (Å²) < 4.78 is 0. The number of nitrogens with zero attached hydrogens (tertiary/aromatic N) is 1. The van der Waals surface area contributed by atoms with Crippen molar-refractivity contribution in [3.63, 3.8) is 0 Å². The van der Waals surface area contributed by atoms with Gasteiger partial charge in [0, 0.05) is 5.69 Å². The van der Waals surface area contributed by atoms with Gasteiger partial charge in [0.15, 0.2) is 0 Å². The summed E-state index contributed by atoms with van der Waals surface area (Å²) in [5.74, 6) is -1.00. The van der Waals surface area contributed by atoms with E-state index < -0.39 is 23.0 Å². The maximum absolute atomic E-state index is 12.0. The average molecular weight is 289 g/mol. The quantitative estimate of drug-likeness (QED) is 0.792. The van der Waals surface area contributed by atoms with Gasteiger partial charge >= 0.3 is 12.0 Å². The third-order valence-corrected chi connectivity index (χ3v) is 3.77. The molecular weight excluding hydrogens is 270 g/mol. The lowest BCUT2D eigenvalue weighted by atomic mass is 9.74. The van der Waals surface area contributed by atoms with E-state index in [1.165, 1.54) is 6.07 Å². The van der Waals surface area contributed by atoms with Crippen LogP contribution in [0.25, 0.3) is 0 Å². The third-order valence-electron chi connectivity index (χ3n) is 3.77. The molecule has 0 aliphatic carbocycles. The molecule has 1 aromatic carbocycles. The number of amides is 2. The van der Waals surface area contributed by atoms with Gasteiger partial charge in [0.25, 0.3) is 0 Å². The molecule has 0 unspecified atom stereocenters. The van der Waals surface area contributed by atoms with E-state index in [-0.39, 0.29) is 0 Å². The normalized spacial score (nSPS) is 11.4. The first kappa shape index (κ1) is 16.5.